The lowest BCUT2D eigenvalue weighted by molar-refractivity contribution is -0.124. The van der Waals surface area contributed by atoms with Crippen LogP contribution < -0.4 is 10.6 Å². The standard InChI is InChI=1S/C17H19ClN4O2/c1-10-8-11(2)16(12(18)9-10)19-14-5-6-15(22-21-14)20-17(23)13-4-3-7-24-13/h5-6,8-9,13H,3-4,7H2,1-2H3,(H,19,21)(H,20,22,23). The van der Waals surface area contributed by atoms with E-state index in [1.807, 2.05) is 26.0 Å². The maximum Gasteiger partial charge on any atom is 0.254 e. The SMILES string of the molecule is Cc1cc(C)c(Nc2ccc(NC(=O)C3CCCO3)nn2)c(Cl)c1. The summed E-state index contributed by atoms with van der Waals surface area (Å²) in [6, 6.07) is 7.37. The van der Waals surface area contributed by atoms with Gasteiger partial charge in [-0.1, -0.05) is 17.7 Å². The minimum absolute atomic E-state index is 0.181. The highest BCUT2D eigenvalue weighted by Gasteiger charge is 2.23. The molecule has 126 valence electrons. The summed E-state index contributed by atoms with van der Waals surface area (Å²) in [7, 11) is 0. The van der Waals surface area contributed by atoms with E-state index >= 15 is 0 Å². The first-order valence-electron chi connectivity index (χ1n) is 7.83. The number of hydrogen-bond acceptors (Lipinski definition) is 5. The molecule has 1 aliphatic heterocycles. The number of aromatic nitrogens is 2. The van der Waals surface area contributed by atoms with Crippen LogP contribution in [0.25, 0.3) is 0 Å². The summed E-state index contributed by atoms with van der Waals surface area (Å²) in [6.45, 7) is 4.60. The third kappa shape index (κ3) is 3.83. The van der Waals surface area contributed by atoms with E-state index in [9.17, 15) is 4.79 Å². The Bertz CT molecular complexity index is 720. The van der Waals surface area contributed by atoms with Gasteiger partial charge in [-0.05, 0) is 56.0 Å². The van der Waals surface area contributed by atoms with E-state index in [1.165, 1.54) is 0 Å². The number of rotatable bonds is 4. The number of aryl methyl sites for hydroxylation is 2. The van der Waals surface area contributed by atoms with Gasteiger partial charge >= 0.3 is 0 Å². The number of hydrogen-bond donors (Lipinski definition) is 2. The topological polar surface area (TPSA) is 76.1 Å². The molecular weight excluding hydrogens is 328 g/mol. The Kier molecular flexibility index (Phi) is 4.97. The monoisotopic (exact) mass is 346 g/mol. The van der Waals surface area contributed by atoms with Crippen molar-refractivity contribution in [2.24, 2.45) is 0 Å². The zero-order valence-electron chi connectivity index (χ0n) is 13.6. The zero-order valence-corrected chi connectivity index (χ0v) is 14.4. The molecule has 7 heteroatoms. The second-order valence-corrected chi connectivity index (χ2v) is 6.27. The first kappa shape index (κ1) is 16.7. The predicted molar refractivity (Wildman–Crippen MR) is 93.8 cm³/mol. The number of benzene rings is 1. The molecule has 24 heavy (non-hydrogen) atoms. The van der Waals surface area contributed by atoms with Crippen molar-refractivity contribution < 1.29 is 9.53 Å². The van der Waals surface area contributed by atoms with Crippen molar-refractivity contribution in [1.82, 2.24) is 10.2 Å². The fourth-order valence-electron chi connectivity index (χ4n) is 2.66. The molecule has 1 unspecified atom stereocenters. The molecule has 1 aromatic heterocycles. The van der Waals surface area contributed by atoms with Crippen LogP contribution in [0.1, 0.15) is 24.0 Å². The Balaban J connectivity index is 1.67. The van der Waals surface area contributed by atoms with E-state index < -0.39 is 6.10 Å². The van der Waals surface area contributed by atoms with Crippen LogP contribution >= 0.6 is 11.6 Å². The van der Waals surface area contributed by atoms with E-state index in [0.29, 0.717) is 23.3 Å². The van der Waals surface area contributed by atoms with Gasteiger partial charge < -0.3 is 15.4 Å². The number of nitrogens with one attached hydrogen (secondary N) is 2. The molecule has 2 heterocycles. The summed E-state index contributed by atoms with van der Waals surface area (Å²) in [5.74, 6) is 0.770. The molecule has 0 aliphatic carbocycles. The van der Waals surface area contributed by atoms with Crippen LogP contribution in [0, 0.1) is 13.8 Å². The van der Waals surface area contributed by atoms with Gasteiger partial charge in [0.15, 0.2) is 11.6 Å². The number of anilines is 3. The molecule has 1 fully saturated rings. The van der Waals surface area contributed by atoms with E-state index in [0.717, 1.165) is 29.7 Å². The average Bonchev–Trinajstić information content (AvgIpc) is 3.07. The largest absolute Gasteiger partial charge is 0.368 e. The van der Waals surface area contributed by atoms with Crippen LogP contribution in [0.2, 0.25) is 5.02 Å². The Morgan fingerprint density at radius 1 is 1.25 bits per heavy atom. The number of nitrogens with zero attached hydrogens (tertiary/aromatic N) is 2. The molecule has 1 aromatic carbocycles. The highest BCUT2D eigenvalue weighted by atomic mass is 35.5. The smallest absolute Gasteiger partial charge is 0.254 e. The molecule has 2 N–H and O–H groups in total. The molecule has 0 bridgehead atoms. The van der Waals surface area contributed by atoms with Crippen molar-refractivity contribution in [2.75, 3.05) is 17.2 Å². The van der Waals surface area contributed by atoms with Gasteiger partial charge in [0, 0.05) is 6.61 Å². The van der Waals surface area contributed by atoms with E-state index in [2.05, 4.69) is 20.8 Å². The number of halogens is 1. The van der Waals surface area contributed by atoms with Gasteiger partial charge in [-0.2, -0.15) is 0 Å². The van der Waals surface area contributed by atoms with Crippen molar-refractivity contribution in [3.05, 3.63) is 40.4 Å². The summed E-state index contributed by atoms with van der Waals surface area (Å²) in [5.41, 5.74) is 2.92. The zero-order chi connectivity index (χ0) is 17.1. The fourth-order valence-corrected chi connectivity index (χ4v) is 3.03. The summed E-state index contributed by atoms with van der Waals surface area (Å²) in [4.78, 5) is 12.0. The van der Waals surface area contributed by atoms with Crippen LogP contribution in [-0.4, -0.2) is 28.8 Å². The van der Waals surface area contributed by atoms with Crippen molar-refractivity contribution >= 4 is 34.8 Å². The van der Waals surface area contributed by atoms with Crippen LogP contribution in [0.4, 0.5) is 17.3 Å². The molecule has 0 saturated carbocycles. The van der Waals surface area contributed by atoms with Crippen molar-refractivity contribution in [3.63, 3.8) is 0 Å². The predicted octanol–water partition coefficient (Wildman–Crippen LogP) is 3.61. The lowest BCUT2D eigenvalue weighted by atomic mass is 10.1. The Hall–Kier alpha value is -2.18. The lowest BCUT2D eigenvalue weighted by Crippen LogP contribution is -2.27. The minimum Gasteiger partial charge on any atom is -0.368 e. The summed E-state index contributed by atoms with van der Waals surface area (Å²) in [5, 5.41) is 14.6. The van der Waals surface area contributed by atoms with E-state index in [1.54, 1.807) is 12.1 Å². The number of carbonyl (C=O) groups is 1. The first-order valence-corrected chi connectivity index (χ1v) is 8.20. The molecule has 6 nitrogen and oxygen atoms in total. The Morgan fingerprint density at radius 3 is 2.62 bits per heavy atom. The van der Waals surface area contributed by atoms with E-state index in [4.69, 9.17) is 16.3 Å². The maximum absolute atomic E-state index is 12.0. The van der Waals surface area contributed by atoms with Gasteiger partial charge in [0.2, 0.25) is 0 Å². The Labute approximate surface area is 145 Å². The quantitative estimate of drug-likeness (QED) is 0.884. The molecule has 1 saturated heterocycles. The molecule has 1 atom stereocenters. The molecule has 0 radical (unpaired) electrons. The minimum atomic E-state index is -0.390. The maximum atomic E-state index is 12.0. The summed E-state index contributed by atoms with van der Waals surface area (Å²) < 4.78 is 5.34. The lowest BCUT2D eigenvalue weighted by Gasteiger charge is -2.12. The average molecular weight is 347 g/mol. The molecule has 1 aliphatic rings. The molecular formula is C17H19ClN4O2. The second-order valence-electron chi connectivity index (χ2n) is 5.86. The normalized spacial score (nSPS) is 16.9. The van der Waals surface area contributed by atoms with Crippen molar-refractivity contribution in [1.29, 1.82) is 0 Å². The third-order valence-corrected chi connectivity index (χ3v) is 4.12. The van der Waals surface area contributed by atoms with E-state index in [-0.39, 0.29) is 5.91 Å². The summed E-state index contributed by atoms with van der Waals surface area (Å²) in [6.07, 6.45) is 1.26. The van der Waals surface area contributed by atoms with Crippen molar-refractivity contribution in [3.8, 4) is 0 Å². The number of carbonyl (C=O) groups excluding carboxylic acids is 1. The van der Waals surface area contributed by atoms with Crippen LogP contribution in [0.3, 0.4) is 0 Å². The number of amides is 1. The third-order valence-electron chi connectivity index (χ3n) is 3.82. The molecule has 3 rings (SSSR count). The number of ether oxygens (including phenoxy) is 1. The van der Waals surface area contributed by atoms with Gasteiger partial charge in [-0.15, -0.1) is 10.2 Å². The fraction of sp³-hybridized carbons (Fsp3) is 0.353. The van der Waals surface area contributed by atoms with Crippen LogP contribution in [0.15, 0.2) is 24.3 Å². The first-order chi connectivity index (χ1) is 11.5. The van der Waals surface area contributed by atoms with Gasteiger partial charge in [-0.3, -0.25) is 4.79 Å². The van der Waals surface area contributed by atoms with Crippen molar-refractivity contribution in [2.45, 2.75) is 32.8 Å². The van der Waals surface area contributed by atoms with Gasteiger partial charge in [0.05, 0.1) is 10.7 Å². The molecule has 0 spiro atoms. The second kappa shape index (κ2) is 7.15. The van der Waals surface area contributed by atoms with Gasteiger partial charge in [-0.25, -0.2) is 0 Å². The van der Waals surface area contributed by atoms with Crippen LogP contribution in [-0.2, 0) is 9.53 Å². The van der Waals surface area contributed by atoms with Gasteiger partial charge in [0.25, 0.3) is 5.91 Å². The highest BCUT2D eigenvalue weighted by Crippen LogP contribution is 2.29. The molecule has 1 amide bonds. The Morgan fingerprint density at radius 2 is 2.00 bits per heavy atom. The van der Waals surface area contributed by atoms with Gasteiger partial charge in [0.1, 0.15) is 6.10 Å². The highest BCUT2D eigenvalue weighted by molar-refractivity contribution is 6.33. The summed E-state index contributed by atoms with van der Waals surface area (Å²) >= 11 is 6.28. The molecule has 2 aromatic rings. The van der Waals surface area contributed by atoms with Crippen LogP contribution in [0.5, 0.6) is 0 Å².